The Hall–Kier alpha value is -1.11. The van der Waals surface area contributed by atoms with E-state index >= 15 is 0 Å². The number of carbonyl (C=O) groups is 2. The first-order chi connectivity index (χ1) is 7.90. The van der Waals surface area contributed by atoms with Crippen molar-refractivity contribution in [1.82, 2.24) is 4.90 Å². The summed E-state index contributed by atoms with van der Waals surface area (Å²) in [6.07, 6.45) is -0.144. The second-order valence-corrected chi connectivity index (χ2v) is 5.48. The minimum absolute atomic E-state index is 0.144. The fourth-order valence-electron chi connectivity index (χ4n) is 1.34. The Labute approximate surface area is 108 Å². The van der Waals surface area contributed by atoms with Gasteiger partial charge in [0.2, 0.25) is 11.8 Å². The number of likely N-dealkylation sites (N-methyl/N-ethyl adjacent to an activating group) is 1. The summed E-state index contributed by atoms with van der Waals surface area (Å²) in [5, 5.41) is 0. The molecule has 2 amide bonds. The van der Waals surface area contributed by atoms with E-state index < -0.39 is 11.9 Å². The van der Waals surface area contributed by atoms with E-state index in [2.05, 4.69) is 0 Å². The predicted octanol–water partition coefficient (Wildman–Crippen LogP) is 0.563. The molecule has 5 nitrogen and oxygen atoms in total. The number of carbonyl (C=O) groups excluding carboxylic acids is 2. The van der Waals surface area contributed by atoms with E-state index in [9.17, 15) is 9.59 Å². The zero-order valence-corrected chi connectivity index (χ0v) is 10.9. The molecule has 1 heterocycles. The Kier molecular flexibility index (Phi) is 4.92. The smallest absolute Gasteiger partial charge is 0.240 e. The number of primary amides is 1. The molecular formula is C10H14ClN3O2S. The second kappa shape index (κ2) is 6.00. The first kappa shape index (κ1) is 14.0. The van der Waals surface area contributed by atoms with Gasteiger partial charge in [-0.25, -0.2) is 0 Å². The highest BCUT2D eigenvalue weighted by atomic mass is 35.5. The van der Waals surface area contributed by atoms with Gasteiger partial charge in [0, 0.05) is 11.9 Å². The topological polar surface area (TPSA) is 89.4 Å². The third-order valence-electron chi connectivity index (χ3n) is 2.14. The van der Waals surface area contributed by atoms with Crippen molar-refractivity contribution in [2.75, 3.05) is 7.05 Å². The molecule has 0 aliphatic rings. The van der Waals surface area contributed by atoms with Crippen LogP contribution in [0.4, 0.5) is 0 Å². The van der Waals surface area contributed by atoms with Crippen molar-refractivity contribution in [3.05, 3.63) is 21.3 Å². The number of nitrogens with two attached hydrogens (primary N) is 2. The van der Waals surface area contributed by atoms with E-state index in [1.54, 1.807) is 13.1 Å². The summed E-state index contributed by atoms with van der Waals surface area (Å²) in [4.78, 5) is 24.8. The van der Waals surface area contributed by atoms with Crippen LogP contribution in [0.2, 0.25) is 4.34 Å². The van der Waals surface area contributed by atoms with Crippen LogP contribution in [0.1, 0.15) is 11.3 Å². The zero-order valence-electron chi connectivity index (χ0n) is 9.35. The van der Waals surface area contributed by atoms with Crippen molar-refractivity contribution in [2.45, 2.75) is 19.0 Å². The van der Waals surface area contributed by atoms with Crippen LogP contribution in [0.15, 0.2) is 12.1 Å². The van der Waals surface area contributed by atoms with Crippen molar-refractivity contribution in [1.29, 1.82) is 0 Å². The van der Waals surface area contributed by atoms with E-state index in [0.29, 0.717) is 10.9 Å². The number of hydrogen-bond donors (Lipinski definition) is 2. The molecule has 0 fully saturated rings. The van der Waals surface area contributed by atoms with Crippen LogP contribution in [0.5, 0.6) is 0 Å². The molecule has 0 radical (unpaired) electrons. The van der Waals surface area contributed by atoms with Gasteiger partial charge >= 0.3 is 0 Å². The van der Waals surface area contributed by atoms with Gasteiger partial charge in [-0.2, -0.15) is 0 Å². The van der Waals surface area contributed by atoms with Crippen LogP contribution in [0, 0.1) is 0 Å². The Morgan fingerprint density at radius 1 is 1.53 bits per heavy atom. The van der Waals surface area contributed by atoms with Crippen LogP contribution in [0.3, 0.4) is 0 Å². The average Bonchev–Trinajstić information content (AvgIpc) is 2.61. The summed E-state index contributed by atoms with van der Waals surface area (Å²) < 4.78 is 0.669. The van der Waals surface area contributed by atoms with Gasteiger partial charge in [0.25, 0.3) is 0 Å². The van der Waals surface area contributed by atoms with Gasteiger partial charge in [-0.15, -0.1) is 11.3 Å². The molecule has 0 aromatic carbocycles. The van der Waals surface area contributed by atoms with E-state index in [0.717, 1.165) is 4.88 Å². The molecule has 1 aromatic rings. The van der Waals surface area contributed by atoms with Gasteiger partial charge in [-0.3, -0.25) is 9.59 Å². The number of nitrogens with zero attached hydrogens (tertiary/aromatic N) is 1. The van der Waals surface area contributed by atoms with Crippen molar-refractivity contribution in [3.63, 3.8) is 0 Å². The van der Waals surface area contributed by atoms with E-state index in [1.807, 2.05) is 6.07 Å². The molecule has 0 saturated heterocycles. The Morgan fingerprint density at radius 3 is 2.65 bits per heavy atom. The van der Waals surface area contributed by atoms with Crippen LogP contribution in [-0.2, 0) is 16.1 Å². The molecule has 4 N–H and O–H groups in total. The third-order valence-corrected chi connectivity index (χ3v) is 3.35. The Balaban J connectivity index is 2.55. The summed E-state index contributed by atoms with van der Waals surface area (Å²) >= 11 is 7.18. The van der Waals surface area contributed by atoms with Crippen molar-refractivity contribution >= 4 is 34.8 Å². The van der Waals surface area contributed by atoms with Crippen LogP contribution < -0.4 is 11.5 Å². The monoisotopic (exact) mass is 275 g/mol. The molecule has 0 aliphatic heterocycles. The zero-order chi connectivity index (χ0) is 13.0. The van der Waals surface area contributed by atoms with Crippen molar-refractivity contribution in [3.8, 4) is 0 Å². The average molecular weight is 276 g/mol. The van der Waals surface area contributed by atoms with Crippen LogP contribution in [-0.4, -0.2) is 29.8 Å². The fourth-order valence-corrected chi connectivity index (χ4v) is 2.48. The lowest BCUT2D eigenvalue weighted by Crippen LogP contribution is -2.43. The summed E-state index contributed by atoms with van der Waals surface area (Å²) in [7, 11) is 1.62. The number of amides is 2. The molecule has 0 spiro atoms. The normalized spacial score (nSPS) is 12.2. The van der Waals surface area contributed by atoms with Crippen LogP contribution in [0.25, 0.3) is 0 Å². The van der Waals surface area contributed by atoms with Gasteiger partial charge < -0.3 is 16.4 Å². The maximum atomic E-state index is 11.8. The molecule has 94 valence electrons. The number of thiophene rings is 1. The lowest BCUT2D eigenvalue weighted by atomic mass is 10.2. The summed E-state index contributed by atoms with van der Waals surface area (Å²) in [5.41, 5.74) is 10.5. The maximum Gasteiger partial charge on any atom is 0.240 e. The van der Waals surface area contributed by atoms with Gasteiger partial charge in [0.1, 0.15) is 0 Å². The maximum absolute atomic E-state index is 11.8. The molecule has 1 atom stereocenters. The molecule has 1 aromatic heterocycles. The quantitative estimate of drug-likeness (QED) is 0.823. The largest absolute Gasteiger partial charge is 0.370 e. The lowest BCUT2D eigenvalue weighted by molar-refractivity contribution is -0.133. The van der Waals surface area contributed by atoms with Crippen molar-refractivity contribution < 1.29 is 9.59 Å². The van der Waals surface area contributed by atoms with Gasteiger partial charge in [-0.05, 0) is 12.1 Å². The molecule has 0 saturated carbocycles. The number of halogens is 1. The molecular weight excluding hydrogens is 262 g/mol. The highest BCUT2D eigenvalue weighted by molar-refractivity contribution is 7.16. The number of rotatable bonds is 5. The first-order valence-corrected chi connectivity index (χ1v) is 6.12. The highest BCUT2D eigenvalue weighted by Gasteiger charge is 2.20. The standard InChI is InChI=1S/C10H14ClN3O2S/c1-14(5-6-2-3-8(11)17-6)10(16)7(12)4-9(13)15/h2-3,7H,4-5,12H2,1H3,(H2,13,15). The number of hydrogen-bond acceptors (Lipinski definition) is 4. The molecule has 0 bridgehead atoms. The third kappa shape index (κ3) is 4.33. The molecule has 17 heavy (non-hydrogen) atoms. The highest BCUT2D eigenvalue weighted by Crippen LogP contribution is 2.22. The van der Waals surface area contributed by atoms with Gasteiger partial charge in [0.05, 0.1) is 23.3 Å². The van der Waals surface area contributed by atoms with E-state index in [1.165, 1.54) is 16.2 Å². The van der Waals surface area contributed by atoms with E-state index in [4.69, 9.17) is 23.1 Å². The van der Waals surface area contributed by atoms with Gasteiger partial charge in [0.15, 0.2) is 0 Å². The molecule has 1 unspecified atom stereocenters. The van der Waals surface area contributed by atoms with E-state index in [-0.39, 0.29) is 12.3 Å². The van der Waals surface area contributed by atoms with Crippen molar-refractivity contribution in [2.24, 2.45) is 11.5 Å². The Bertz CT molecular complexity index is 421. The minimum Gasteiger partial charge on any atom is -0.370 e. The SMILES string of the molecule is CN(Cc1ccc(Cl)s1)C(=O)C(N)CC(N)=O. The predicted molar refractivity (Wildman–Crippen MR) is 67.6 cm³/mol. The molecule has 0 aliphatic carbocycles. The second-order valence-electron chi connectivity index (χ2n) is 3.68. The summed E-state index contributed by atoms with van der Waals surface area (Å²) in [6, 6.07) is 2.73. The molecule has 1 rings (SSSR count). The van der Waals surface area contributed by atoms with Gasteiger partial charge in [-0.1, -0.05) is 11.6 Å². The first-order valence-electron chi connectivity index (χ1n) is 4.93. The molecule has 7 heteroatoms. The summed E-state index contributed by atoms with van der Waals surface area (Å²) in [5.74, 6) is -0.897. The minimum atomic E-state index is -0.882. The fraction of sp³-hybridized carbons (Fsp3) is 0.400. The summed E-state index contributed by atoms with van der Waals surface area (Å²) in [6.45, 7) is 0.419. The van der Waals surface area contributed by atoms with Crippen LogP contribution >= 0.6 is 22.9 Å². The lowest BCUT2D eigenvalue weighted by Gasteiger charge is -2.19. The Morgan fingerprint density at radius 2 is 2.18 bits per heavy atom.